The Kier molecular flexibility index (Phi) is 4.89. The highest BCUT2D eigenvalue weighted by atomic mass is 15.2. The molecule has 3 heteroatoms. The molecule has 1 fully saturated rings. The van der Waals surface area contributed by atoms with E-state index in [1.165, 1.54) is 41.8 Å². The second-order valence-electron chi connectivity index (χ2n) is 7.37. The lowest BCUT2D eigenvalue weighted by Crippen LogP contribution is -2.33. The molecule has 134 valence electrons. The summed E-state index contributed by atoms with van der Waals surface area (Å²) in [7, 11) is 0. The third-order valence-electron chi connectivity index (χ3n) is 5.50. The van der Waals surface area contributed by atoms with Crippen molar-refractivity contribution in [2.45, 2.75) is 45.7 Å². The summed E-state index contributed by atoms with van der Waals surface area (Å²) in [4.78, 5) is 7.41. The van der Waals surface area contributed by atoms with E-state index in [0.717, 1.165) is 18.9 Å². The van der Waals surface area contributed by atoms with Crippen LogP contribution in [0.25, 0.3) is 5.82 Å². The molecule has 1 aliphatic rings. The summed E-state index contributed by atoms with van der Waals surface area (Å²) in [6, 6.07) is 20.0. The van der Waals surface area contributed by atoms with Crippen LogP contribution < -0.4 is 0 Å². The maximum Gasteiger partial charge on any atom is 0.136 e. The van der Waals surface area contributed by atoms with Gasteiger partial charge in [-0.3, -0.25) is 4.90 Å². The summed E-state index contributed by atoms with van der Waals surface area (Å²) in [6.07, 6.45) is 5.89. The van der Waals surface area contributed by atoms with Gasteiger partial charge in [-0.25, -0.2) is 4.98 Å². The van der Waals surface area contributed by atoms with E-state index in [-0.39, 0.29) is 0 Å². The topological polar surface area (TPSA) is 21.1 Å². The van der Waals surface area contributed by atoms with Crippen molar-refractivity contribution in [3.63, 3.8) is 0 Å². The number of likely N-dealkylation sites (tertiary alicyclic amines) is 1. The second kappa shape index (κ2) is 7.46. The number of piperidine rings is 1. The average molecular weight is 345 g/mol. The van der Waals surface area contributed by atoms with Crippen LogP contribution in [0, 0.1) is 13.8 Å². The molecule has 1 unspecified atom stereocenters. The molecule has 3 nitrogen and oxygen atoms in total. The van der Waals surface area contributed by atoms with Crippen molar-refractivity contribution in [2.24, 2.45) is 0 Å². The largest absolute Gasteiger partial charge is 0.303 e. The predicted molar refractivity (Wildman–Crippen MR) is 106 cm³/mol. The summed E-state index contributed by atoms with van der Waals surface area (Å²) < 4.78 is 2.21. The van der Waals surface area contributed by atoms with Gasteiger partial charge in [0.25, 0.3) is 0 Å². The van der Waals surface area contributed by atoms with E-state index in [9.17, 15) is 0 Å². The number of benzene rings is 1. The van der Waals surface area contributed by atoms with Crippen molar-refractivity contribution in [1.29, 1.82) is 0 Å². The van der Waals surface area contributed by atoms with Crippen molar-refractivity contribution in [1.82, 2.24) is 14.5 Å². The maximum absolute atomic E-state index is 4.80. The van der Waals surface area contributed by atoms with Crippen LogP contribution in [0.5, 0.6) is 0 Å². The molecule has 26 heavy (non-hydrogen) atoms. The molecule has 0 N–H and O–H groups in total. The van der Waals surface area contributed by atoms with Crippen LogP contribution in [-0.4, -0.2) is 21.0 Å². The van der Waals surface area contributed by atoms with Crippen molar-refractivity contribution in [3.8, 4) is 5.82 Å². The summed E-state index contributed by atoms with van der Waals surface area (Å²) in [5.41, 5.74) is 5.19. The summed E-state index contributed by atoms with van der Waals surface area (Å²) in [5, 5.41) is 0. The molecule has 1 aromatic carbocycles. The fourth-order valence-corrected chi connectivity index (χ4v) is 4.13. The van der Waals surface area contributed by atoms with Crippen LogP contribution in [0.2, 0.25) is 0 Å². The van der Waals surface area contributed by atoms with Gasteiger partial charge in [0, 0.05) is 30.2 Å². The highest BCUT2D eigenvalue weighted by Gasteiger charge is 2.24. The van der Waals surface area contributed by atoms with E-state index in [1.807, 2.05) is 0 Å². The number of nitrogens with zero attached hydrogens (tertiary/aromatic N) is 3. The highest BCUT2D eigenvalue weighted by Crippen LogP contribution is 2.32. The molecule has 1 aliphatic heterocycles. The number of aromatic nitrogens is 2. The standard InChI is InChI=1S/C23H27N3/c1-18-11-12-19(2)26(18)23-14-13-21(16-24-23)22-10-6-7-15-25(22)17-20-8-4-3-5-9-20/h3-5,8-9,11-14,16,22H,6-7,10,15,17H2,1-2H3. The van der Waals surface area contributed by atoms with Crippen LogP contribution in [0.3, 0.4) is 0 Å². The van der Waals surface area contributed by atoms with Crippen LogP contribution >= 0.6 is 0 Å². The number of hydrogen-bond acceptors (Lipinski definition) is 2. The van der Waals surface area contributed by atoms with E-state index >= 15 is 0 Å². The summed E-state index contributed by atoms with van der Waals surface area (Å²) in [6.45, 7) is 6.44. The number of hydrogen-bond donors (Lipinski definition) is 0. The highest BCUT2D eigenvalue weighted by molar-refractivity contribution is 5.33. The van der Waals surface area contributed by atoms with E-state index in [4.69, 9.17) is 4.98 Å². The quantitative estimate of drug-likeness (QED) is 0.647. The number of pyridine rings is 1. The predicted octanol–water partition coefficient (Wildman–Crippen LogP) is 5.22. The summed E-state index contributed by atoms with van der Waals surface area (Å²) >= 11 is 0. The lowest BCUT2D eigenvalue weighted by Gasteiger charge is -2.36. The number of aryl methyl sites for hydroxylation is 2. The minimum atomic E-state index is 0.470. The zero-order valence-electron chi connectivity index (χ0n) is 15.7. The Morgan fingerprint density at radius 2 is 1.69 bits per heavy atom. The number of rotatable bonds is 4. The SMILES string of the molecule is Cc1ccc(C)n1-c1ccc(C2CCCCN2Cc2ccccc2)cn1. The van der Waals surface area contributed by atoms with Crippen LogP contribution in [-0.2, 0) is 6.54 Å². The van der Waals surface area contributed by atoms with Crippen molar-refractivity contribution in [3.05, 3.63) is 83.3 Å². The van der Waals surface area contributed by atoms with Gasteiger partial charge in [0.05, 0.1) is 0 Å². The Labute approximate surface area is 156 Å². The Morgan fingerprint density at radius 1 is 0.923 bits per heavy atom. The Hall–Kier alpha value is -2.39. The Morgan fingerprint density at radius 3 is 2.38 bits per heavy atom. The van der Waals surface area contributed by atoms with Gasteiger partial charge in [-0.15, -0.1) is 0 Å². The van der Waals surface area contributed by atoms with E-state index in [2.05, 4.69) is 84.1 Å². The average Bonchev–Trinajstić information content (AvgIpc) is 3.02. The zero-order chi connectivity index (χ0) is 17.9. The minimum absolute atomic E-state index is 0.470. The van der Waals surface area contributed by atoms with E-state index in [0.29, 0.717) is 6.04 Å². The molecule has 0 aliphatic carbocycles. The lowest BCUT2D eigenvalue weighted by molar-refractivity contribution is 0.140. The first kappa shape index (κ1) is 17.0. The van der Waals surface area contributed by atoms with Gasteiger partial charge in [-0.2, -0.15) is 0 Å². The summed E-state index contributed by atoms with van der Waals surface area (Å²) in [5.74, 6) is 1.01. The molecular formula is C23H27N3. The third-order valence-corrected chi connectivity index (χ3v) is 5.50. The normalized spacial score (nSPS) is 18.2. The maximum atomic E-state index is 4.80. The van der Waals surface area contributed by atoms with Crippen LogP contribution in [0.15, 0.2) is 60.8 Å². The first-order chi connectivity index (χ1) is 12.7. The molecular weight excluding hydrogens is 318 g/mol. The minimum Gasteiger partial charge on any atom is -0.303 e. The molecule has 3 aromatic rings. The zero-order valence-corrected chi connectivity index (χ0v) is 15.7. The van der Waals surface area contributed by atoms with Gasteiger partial charge in [-0.1, -0.05) is 42.8 Å². The van der Waals surface area contributed by atoms with E-state index < -0.39 is 0 Å². The molecule has 0 spiro atoms. The molecule has 1 atom stereocenters. The monoisotopic (exact) mass is 345 g/mol. The van der Waals surface area contributed by atoms with Gasteiger partial charge in [-0.05, 0) is 62.6 Å². The van der Waals surface area contributed by atoms with E-state index in [1.54, 1.807) is 0 Å². The Balaban J connectivity index is 1.57. The van der Waals surface area contributed by atoms with Gasteiger partial charge in [0.15, 0.2) is 0 Å². The van der Waals surface area contributed by atoms with Gasteiger partial charge in [0.2, 0.25) is 0 Å². The molecule has 2 aromatic heterocycles. The third kappa shape index (κ3) is 3.45. The van der Waals surface area contributed by atoms with Crippen molar-refractivity contribution < 1.29 is 0 Å². The molecule has 4 rings (SSSR count). The van der Waals surface area contributed by atoms with Gasteiger partial charge >= 0.3 is 0 Å². The molecule has 0 saturated carbocycles. The molecule has 0 amide bonds. The van der Waals surface area contributed by atoms with Gasteiger partial charge in [0.1, 0.15) is 5.82 Å². The van der Waals surface area contributed by atoms with Crippen LogP contribution in [0.1, 0.15) is 47.8 Å². The first-order valence-corrected chi connectivity index (χ1v) is 9.61. The second-order valence-corrected chi connectivity index (χ2v) is 7.37. The molecule has 1 saturated heterocycles. The first-order valence-electron chi connectivity index (χ1n) is 9.61. The fourth-order valence-electron chi connectivity index (χ4n) is 4.13. The van der Waals surface area contributed by atoms with Crippen molar-refractivity contribution in [2.75, 3.05) is 6.54 Å². The van der Waals surface area contributed by atoms with Crippen LogP contribution in [0.4, 0.5) is 0 Å². The van der Waals surface area contributed by atoms with Crippen molar-refractivity contribution >= 4 is 0 Å². The molecule has 0 radical (unpaired) electrons. The Bertz CT molecular complexity index is 829. The molecule has 3 heterocycles. The smallest absolute Gasteiger partial charge is 0.136 e. The molecule has 0 bridgehead atoms. The fraction of sp³-hybridized carbons (Fsp3) is 0.348. The van der Waals surface area contributed by atoms with Gasteiger partial charge < -0.3 is 4.57 Å². The lowest BCUT2D eigenvalue weighted by atomic mass is 9.95.